The highest BCUT2D eigenvalue weighted by Gasteiger charge is 2.17. The van der Waals surface area contributed by atoms with Crippen LogP contribution in [0.2, 0.25) is 0 Å². The van der Waals surface area contributed by atoms with E-state index in [9.17, 15) is 0 Å². The van der Waals surface area contributed by atoms with E-state index in [0.717, 1.165) is 24.0 Å². The summed E-state index contributed by atoms with van der Waals surface area (Å²) in [5, 5.41) is 0. The molecule has 0 unspecified atom stereocenters. The number of ether oxygens (including phenoxy) is 1. The van der Waals surface area contributed by atoms with Crippen LogP contribution in [0.25, 0.3) is 0 Å². The van der Waals surface area contributed by atoms with Gasteiger partial charge in [-0.25, -0.2) is 0 Å². The molecule has 1 saturated carbocycles. The van der Waals surface area contributed by atoms with Crippen molar-refractivity contribution in [3.05, 3.63) is 24.0 Å². The van der Waals surface area contributed by atoms with Gasteiger partial charge in [0, 0.05) is 12.7 Å². The summed E-state index contributed by atoms with van der Waals surface area (Å²) in [6.07, 6.45) is 7.06. The molecule has 1 fully saturated rings. The van der Waals surface area contributed by atoms with Gasteiger partial charge in [0.25, 0.3) is 0 Å². The van der Waals surface area contributed by atoms with Crippen molar-refractivity contribution in [1.82, 2.24) is 4.98 Å². The minimum absolute atomic E-state index is 0.444. The van der Waals surface area contributed by atoms with Crippen molar-refractivity contribution in [1.29, 1.82) is 0 Å². The van der Waals surface area contributed by atoms with Crippen LogP contribution in [0.5, 0.6) is 5.75 Å². The van der Waals surface area contributed by atoms with E-state index in [4.69, 9.17) is 10.5 Å². The first kappa shape index (κ1) is 10.4. The minimum atomic E-state index is 0.444. The summed E-state index contributed by atoms with van der Waals surface area (Å²) in [6.45, 7) is 1.24. The summed E-state index contributed by atoms with van der Waals surface area (Å²) in [6, 6.07) is 3.83. The number of hydrogen-bond donors (Lipinski definition) is 1. The molecule has 2 N–H and O–H groups in total. The molecular weight excluding hydrogens is 188 g/mol. The van der Waals surface area contributed by atoms with E-state index in [-0.39, 0.29) is 0 Å². The summed E-state index contributed by atoms with van der Waals surface area (Å²) in [7, 11) is 0. The molecule has 1 heterocycles. The first-order chi connectivity index (χ1) is 7.40. The third-order valence-corrected chi connectivity index (χ3v) is 3.05. The average Bonchev–Trinajstić information content (AvgIpc) is 2.22. The Bertz CT molecular complexity index is 310. The van der Waals surface area contributed by atoms with Gasteiger partial charge in [-0.3, -0.25) is 4.98 Å². The topological polar surface area (TPSA) is 48.1 Å². The van der Waals surface area contributed by atoms with Crippen LogP contribution in [0.1, 0.15) is 31.4 Å². The molecule has 1 aromatic heterocycles. The minimum Gasteiger partial charge on any atom is -0.492 e. The standard InChI is InChI=1S/C12H18N2O/c13-9-11-12(5-2-7-14-11)15-8-6-10-3-1-4-10/h2,5,7,10H,1,3-4,6,8-9,13H2. The van der Waals surface area contributed by atoms with Crippen LogP contribution >= 0.6 is 0 Å². The molecular formula is C12H18N2O. The van der Waals surface area contributed by atoms with Crippen LogP contribution in [0.4, 0.5) is 0 Å². The van der Waals surface area contributed by atoms with Gasteiger partial charge < -0.3 is 10.5 Å². The maximum atomic E-state index is 5.69. The Kier molecular flexibility index (Phi) is 3.56. The molecule has 3 nitrogen and oxygen atoms in total. The van der Waals surface area contributed by atoms with Gasteiger partial charge in [-0.05, 0) is 24.5 Å². The number of pyridine rings is 1. The lowest BCUT2D eigenvalue weighted by molar-refractivity contribution is 0.220. The highest BCUT2D eigenvalue weighted by molar-refractivity contribution is 5.26. The third kappa shape index (κ3) is 2.69. The fourth-order valence-corrected chi connectivity index (χ4v) is 1.82. The molecule has 1 aromatic rings. The predicted molar refractivity (Wildman–Crippen MR) is 59.6 cm³/mol. The predicted octanol–water partition coefficient (Wildman–Crippen LogP) is 2.11. The van der Waals surface area contributed by atoms with Crippen molar-refractivity contribution in [3.8, 4) is 5.75 Å². The highest BCUT2D eigenvalue weighted by atomic mass is 16.5. The molecule has 0 bridgehead atoms. The average molecular weight is 206 g/mol. The first-order valence-corrected chi connectivity index (χ1v) is 5.67. The Morgan fingerprint density at radius 3 is 3.00 bits per heavy atom. The van der Waals surface area contributed by atoms with Gasteiger partial charge in [0.05, 0.1) is 12.3 Å². The second kappa shape index (κ2) is 5.12. The summed E-state index contributed by atoms with van der Waals surface area (Å²) < 4.78 is 5.69. The summed E-state index contributed by atoms with van der Waals surface area (Å²) in [4.78, 5) is 4.18. The smallest absolute Gasteiger partial charge is 0.142 e. The molecule has 0 atom stereocenters. The Morgan fingerprint density at radius 2 is 2.33 bits per heavy atom. The van der Waals surface area contributed by atoms with Crippen molar-refractivity contribution in [2.45, 2.75) is 32.2 Å². The molecule has 0 saturated heterocycles. The number of rotatable bonds is 5. The highest BCUT2D eigenvalue weighted by Crippen LogP contribution is 2.29. The number of aromatic nitrogens is 1. The summed E-state index contributed by atoms with van der Waals surface area (Å²) in [5.74, 6) is 1.74. The Morgan fingerprint density at radius 1 is 1.47 bits per heavy atom. The van der Waals surface area contributed by atoms with Crippen LogP contribution in [-0.4, -0.2) is 11.6 Å². The number of nitrogens with zero attached hydrogens (tertiary/aromatic N) is 1. The lowest BCUT2D eigenvalue weighted by Gasteiger charge is -2.25. The summed E-state index contributed by atoms with van der Waals surface area (Å²) in [5.41, 5.74) is 6.43. The maximum absolute atomic E-state index is 5.69. The van der Waals surface area contributed by atoms with Crippen LogP contribution in [0.15, 0.2) is 18.3 Å². The quantitative estimate of drug-likeness (QED) is 0.802. The summed E-state index contributed by atoms with van der Waals surface area (Å²) >= 11 is 0. The zero-order valence-electron chi connectivity index (χ0n) is 8.98. The van der Waals surface area contributed by atoms with E-state index in [1.54, 1.807) is 6.20 Å². The fourth-order valence-electron chi connectivity index (χ4n) is 1.82. The van der Waals surface area contributed by atoms with Gasteiger partial charge in [-0.15, -0.1) is 0 Å². The molecule has 0 aromatic carbocycles. The number of nitrogens with two attached hydrogens (primary N) is 1. The zero-order chi connectivity index (χ0) is 10.5. The van der Waals surface area contributed by atoms with Crippen molar-refractivity contribution in [3.63, 3.8) is 0 Å². The monoisotopic (exact) mass is 206 g/mol. The second-order valence-electron chi connectivity index (χ2n) is 4.09. The SMILES string of the molecule is NCc1ncccc1OCCC1CCC1. The molecule has 0 aliphatic heterocycles. The Labute approximate surface area is 90.7 Å². The van der Waals surface area contributed by atoms with Gasteiger partial charge in [-0.1, -0.05) is 19.3 Å². The van der Waals surface area contributed by atoms with Crippen molar-refractivity contribution < 1.29 is 4.74 Å². The molecule has 0 amide bonds. The zero-order valence-corrected chi connectivity index (χ0v) is 8.98. The lowest BCUT2D eigenvalue weighted by atomic mass is 9.83. The van der Waals surface area contributed by atoms with E-state index in [1.165, 1.54) is 25.7 Å². The van der Waals surface area contributed by atoms with E-state index in [1.807, 2.05) is 12.1 Å². The van der Waals surface area contributed by atoms with Crippen molar-refractivity contribution >= 4 is 0 Å². The van der Waals surface area contributed by atoms with Crippen LogP contribution < -0.4 is 10.5 Å². The van der Waals surface area contributed by atoms with Crippen LogP contribution in [0.3, 0.4) is 0 Å². The van der Waals surface area contributed by atoms with Gasteiger partial charge in [0.1, 0.15) is 5.75 Å². The maximum Gasteiger partial charge on any atom is 0.142 e. The van der Waals surface area contributed by atoms with Gasteiger partial charge in [0.2, 0.25) is 0 Å². The van der Waals surface area contributed by atoms with Crippen LogP contribution in [-0.2, 0) is 6.54 Å². The van der Waals surface area contributed by atoms with Gasteiger partial charge >= 0.3 is 0 Å². The lowest BCUT2D eigenvalue weighted by Crippen LogP contribution is -2.15. The van der Waals surface area contributed by atoms with Gasteiger partial charge in [-0.2, -0.15) is 0 Å². The largest absolute Gasteiger partial charge is 0.492 e. The van der Waals surface area contributed by atoms with E-state index >= 15 is 0 Å². The first-order valence-electron chi connectivity index (χ1n) is 5.67. The fraction of sp³-hybridized carbons (Fsp3) is 0.583. The van der Waals surface area contributed by atoms with E-state index in [0.29, 0.717) is 6.54 Å². The van der Waals surface area contributed by atoms with E-state index in [2.05, 4.69) is 4.98 Å². The number of hydrogen-bond acceptors (Lipinski definition) is 3. The normalized spacial score (nSPS) is 16.1. The molecule has 3 heteroatoms. The van der Waals surface area contributed by atoms with Crippen LogP contribution in [0, 0.1) is 5.92 Å². The molecule has 82 valence electrons. The van der Waals surface area contributed by atoms with Crippen molar-refractivity contribution in [2.24, 2.45) is 11.7 Å². The molecule has 0 radical (unpaired) electrons. The molecule has 2 rings (SSSR count). The second-order valence-corrected chi connectivity index (χ2v) is 4.09. The Hall–Kier alpha value is -1.09. The molecule has 15 heavy (non-hydrogen) atoms. The third-order valence-electron chi connectivity index (χ3n) is 3.05. The van der Waals surface area contributed by atoms with Crippen molar-refractivity contribution in [2.75, 3.05) is 6.61 Å². The molecule has 0 spiro atoms. The van der Waals surface area contributed by atoms with E-state index < -0.39 is 0 Å². The molecule has 1 aliphatic rings. The molecule has 1 aliphatic carbocycles. The van der Waals surface area contributed by atoms with Gasteiger partial charge in [0.15, 0.2) is 0 Å². The Balaban J connectivity index is 1.81.